The fourth-order valence-electron chi connectivity index (χ4n) is 1.81. The van der Waals surface area contributed by atoms with E-state index >= 15 is 0 Å². The van der Waals surface area contributed by atoms with Crippen molar-refractivity contribution in [3.63, 3.8) is 0 Å². The molecular formula is C15H13BrFN. The lowest BCUT2D eigenvalue weighted by Crippen LogP contribution is -1.80. The van der Waals surface area contributed by atoms with E-state index in [1.165, 1.54) is 16.2 Å². The van der Waals surface area contributed by atoms with Crippen LogP contribution < -0.4 is 0 Å². The molecule has 18 heavy (non-hydrogen) atoms. The Morgan fingerprint density at radius 2 is 1.56 bits per heavy atom. The number of aromatic nitrogens is 1. The van der Waals surface area contributed by atoms with Gasteiger partial charge in [0, 0.05) is 22.3 Å². The molecule has 0 aliphatic rings. The van der Waals surface area contributed by atoms with Crippen LogP contribution in [0, 0.1) is 0 Å². The molecule has 3 heteroatoms. The van der Waals surface area contributed by atoms with Crippen LogP contribution in [0.5, 0.6) is 0 Å². The molecule has 0 fully saturated rings. The first-order valence-corrected chi connectivity index (χ1v) is 6.83. The van der Waals surface area contributed by atoms with Crippen LogP contribution in [0.15, 0.2) is 54.7 Å². The van der Waals surface area contributed by atoms with Gasteiger partial charge in [0.15, 0.2) is 0 Å². The molecule has 3 rings (SSSR count). The van der Waals surface area contributed by atoms with E-state index in [2.05, 4.69) is 51.2 Å². The number of hydrogen-bond donors (Lipinski definition) is 0. The summed E-state index contributed by atoms with van der Waals surface area (Å²) >= 11 is 2.87. The molecule has 1 heterocycles. The lowest BCUT2D eigenvalue weighted by atomic mass is 10.1. The lowest BCUT2D eigenvalue weighted by molar-refractivity contribution is 0.535. The first-order chi connectivity index (χ1) is 8.86. The smallest absolute Gasteiger partial charge is 0.0991 e. The molecule has 1 aromatic heterocycles. The van der Waals surface area contributed by atoms with Crippen LogP contribution >= 0.6 is 15.9 Å². The highest BCUT2D eigenvalue weighted by molar-refractivity contribution is 9.09. The van der Waals surface area contributed by atoms with Crippen LogP contribution in [-0.4, -0.2) is 17.0 Å². The van der Waals surface area contributed by atoms with Gasteiger partial charge in [-0.25, -0.2) is 0 Å². The standard InChI is InChI=1S/C13H9N.C2H4BrF/c1-2-6-11-10(5-1)9-14-13-8-4-3-7-12(11)13;3-1-2-4/h1-9H;1-2H2. The maximum absolute atomic E-state index is 10.7. The van der Waals surface area contributed by atoms with Crippen LogP contribution in [0.4, 0.5) is 4.39 Å². The third-order valence-electron chi connectivity index (χ3n) is 2.57. The van der Waals surface area contributed by atoms with Gasteiger partial charge in [0.1, 0.15) is 0 Å². The summed E-state index contributed by atoms with van der Waals surface area (Å²) in [6, 6.07) is 16.6. The molecule has 0 N–H and O–H groups in total. The summed E-state index contributed by atoms with van der Waals surface area (Å²) in [5.74, 6) is 0. The lowest BCUT2D eigenvalue weighted by Gasteiger charge is -2.01. The van der Waals surface area contributed by atoms with Crippen molar-refractivity contribution in [3.8, 4) is 0 Å². The number of rotatable bonds is 1. The average molecular weight is 306 g/mol. The van der Waals surface area contributed by atoms with Gasteiger partial charge in [0.05, 0.1) is 12.2 Å². The van der Waals surface area contributed by atoms with E-state index in [9.17, 15) is 4.39 Å². The zero-order chi connectivity index (χ0) is 12.8. The summed E-state index contributed by atoms with van der Waals surface area (Å²) in [5.41, 5.74) is 1.06. The second-order valence-electron chi connectivity index (χ2n) is 3.74. The zero-order valence-corrected chi connectivity index (χ0v) is 11.4. The van der Waals surface area contributed by atoms with Gasteiger partial charge in [-0.05, 0) is 11.5 Å². The molecule has 0 aliphatic heterocycles. The van der Waals surface area contributed by atoms with Crippen LogP contribution in [0.3, 0.4) is 0 Å². The van der Waals surface area contributed by atoms with Gasteiger partial charge in [-0.3, -0.25) is 9.37 Å². The molecule has 1 nitrogen and oxygen atoms in total. The van der Waals surface area contributed by atoms with Crippen molar-refractivity contribution in [1.29, 1.82) is 0 Å². The molecule has 0 atom stereocenters. The van der Waals surface area contributed by atoms with E-state index in [4.69, 9.17) is 0 Å². The molecule has 0 saturated heterocycles. The predicted molar refractivity (Wildman–Crippen MR) is 79.0 cm³/mol. The van der Waals surface area contributed by atoms with Gasteiger partial charge >= 0.3 is 0 Å². The van der Waals surface area contributed by atoms with Crippen LogP contribution in [0.2, 0.25) is 0 Å². The van der Waals surface area contributed by atoms with Gasteiger partial charge in [-0.2, -0.15) is 0 Å². The van der Waals surface area contributed by atoms with Crippen molar-refractivity contribution in [3.05, 3.63) is 54.7 Å². The Labute approximate surface area is 114 Å². The highest BCUT2D eigenvalue weighted by Gasteiger charge is 1.98. The second-order valence-corrected chi connectivity index (χ2v) is 4.53. The van der Waals surface area contributed by atoms with E-state index < -0.39 is 0 Å². The van der Waals surface area contributed by atoms with Crippen molar-refractivity contribution in [2.75, 3.05) is 12.0 Å². The number of benzene rings is 2. The Balaban J connectivity index is 0.000000267. The van der Waals surface area contributed by atoms with Crippen LogP contribution in [-0.2, 0) is 0 Å². The highest BCUT2D eigenvalue weighted by atomic mass is 79.9. The van der Waals surface area contributed by atoms with Crippen LogP contribution in [0.1, 0.15) is 0 Å². The molecule has 92 valence electrons. The normalized spacial score (nSPS) is 10.1. The van der Waals surface area contributed by atoms with E-state index in [1.54, 1.807) is 0 Å². The topological polar surface area (TPSA) is 12.9 Å². The molecule has 0 spiro atoms. The minimum atomic E-state index is -0.264. The predicted octanol–water partition coefficient (Wildman–Crippen LogP) is 4.74. The highest BCUT2D eigenvalue weighted by Crippen LogP contribution is 2.22. The quantitative estimate of drug-likeness (QED) is 0.467. The SMILES string of the molecule is FCCBr.c1ccc2c(c1)cnc1ccccc12. The van der Waals surface area contributed by atoms with E-state index in [1.807, 2.05) is 24.4 Å². The number of hydrogen-bond acceptors (Lipinski definition) is 1. The van der Waals surface area contributed by atoms with Gasteiger partial charge in [-0.15, -0.1) is 0 Å². The average Bonchev–Trinajstić information content (AvgIpc) is 2.47. The number of fused-ring (bicyclic) bond motifs is 3. The van der Waals surface area contributed by atoms with E-state index in [0.29, 0.717) is 5.33 Å². The Morgan fingerprint density at radius 3 is 2.28 bits per heavy atom. The molecule has 0 bridgehead atoms. The number of pyridine rings is 1. The summed E-state index contributed by atoms with van der Waals surface area (Å²) < 4.78 is 10.7. The van der Waals surface area contributed by atoms with Gasteiger partial charge in [-0.1, -0.05) is 58.4 Å². The van der Waals surface area contributed by atoms with Crippen LogP contribution in [0.25, 0.3) is 21.7 Å². The molecule has 0 aliphatic carbocycles. The van der Waals surface area contributed by atoms with Crippen molar-refractivity contribution >= 4 is 37.6 Å². The Hall–Kier alpha value is -1.48. The maximum Gasteiger partial charge on any atom is 0.0991 e. The Kier molecular flexibility index (Phi) is 4.65. The Morgan fingerprint density at radius 1 is 0.944 bits per heavy atom. The summed E-state index contributed by atoms with van der Waals surface area (Å²) in [6.45, 7) is -0.264. The fourth-order valence-corrected chi connectivity index (χ4v) is 1.81. The number of nitrogens with zero attached hydrogens (tertiary/aromatic N) is 1. The fraction of sp³-hybridized carbons (Fsp3) is 0.133. The van der Waals surface area contributed by atoms with Crippen molar-refractivity contribution in [1.82, 2.24) is 4.98 Å². The molecule has 0 unspecified atom stereocenters. The maximum atomic E-state index is 10.7. The number of para-hydroxylation sites is 1. The summed E-state index contributed by atoms with van der Waals surface area (Å²) in [5, 5.41) is 4.17. The Bertz CT molecular complexity index is 583. The molecule has 0 saturated carbocycles. The van der Waals surface area contributed by atoms with E-state index in [-0.39, 0.29) is 6.67 Å². The summed E-state index contributed by atoms with van der Waals surface area (Å²) in [7, 11) is 0. The minimum Gasteiger partial charge on any atom is -0.256 e. The third kappa shape index (κ3) is 2.85. The number of halogens is 2. The minimum absolute atomic E-state index is 0.264. The van der Waals surface area contributed by atoms with Crippen molar-refractivity contribution in [2.45, 2.75) is 0 Å². The zero-order valence-electron chi connectivity index (χ0n) is 9.81. The summed E-state index contributed by atoms with van der Waals surface area (Å²) in [4.78, 5) is 4.41. The van der Waals surface area contributed by atoms with Gasteiger partial charge < -0.3 is 0 Å². The second kappa shape index (κ2) is 6.45. The molecule has 3 aromatic rings. The van der Waals surface area contributed by atoms with E-state index in [0.717, 1.165) is 5.52 Å². The first-order valence-electron chi connectivity index (χ1n) is 5.71. The third-order valence-corrected chi connectivity index (χ3v) is 2.87. The summed E-state index contributed by atoms with van der Waals surface area (Å²) in [6.07, 6.45) is 1.93. The van der Waals surface area contributed by atoms with Crippen molar-refractivity contribution < 1.29 is 4.39 Å². The monoisotopic (exact) mass is 305 g/mol. The number of alkyl halides is 2. The van der Waals surface area contributed by atoms with Crippen molar-refractivity contribution in [2.24, 2.45) is 0 Å². The molecule has 0 amide bonds. The molecular weight excluding hydrogens is 293 g/mol. The first kappa shape index (κ1) is 13.0. The largest absolute Gasteiger partial charge is 0.256 e. The van der Waals surface area contributed by atoms with Gasteiger partial charge in [0.2, 0.25) is 0 Å². The molecule has 2 aromatic carbocycles. The molecule has 0 radical (unpaired) electrons. The van der Waals surface area contributed by atoms with Gasteiger partial charge in [0.25, 0.3) is 0 Å².